The average molecular weight is 212 g/mol. The van der Waals surface area contributed by atoms with E-state index in [2.05, 4.69) is 5.43 Å². The second kappa shape index (κ2) is 5.09. The van der Waals surface area contributed by atoms with Gasteiger partial charge < -0.3 is 4.74 Å². The molecule has 1 aromatic rings. The molecule has 0 saturated heterocycles. The van der Waals surface area contributed by atoms with E-state index < -0.39 is 0 Å². The van der Waals surface area contributed by atoms with Gasteiger partial charge in [-0.1, -0.05) is 6.07 Å². The van der Waals surface area contributed by atoms with Crippen molar-refractivity contribution in [2.75, 3.05) is 0 Å². The van der Waals surface area contributed by atoms with E-state index in [1.807, 2.05) is 20.8 Å². The molecule has 0 aliphatic carbocycles. The Morgan fingerprint density at radius 1 is 1.33 bits per heavy atom. The van der Waals surface area contributed by atoms with E-state index in [9.17, 15) is 4.39 Å². The summed E-state index contributed by atoms with van der Waals surface area (Å²) in [4.78, 5) is 0. The molecule has 4 heteroatoms. The quantitative estimate of drug-likeness (QED) is 0.593. The van der Waals surface area contributed by atoms with Crippen LogP contribution in [0.3, 0.4) is 0 Å². The molecule has 3 nitrogen and oxygen atoms in total. The van der Waals surface area contributed by atoms with Crippen LogP contribution in [0.25, 0.3) is 0 Å². The lowest BCUT2D eigenvalue weighted by atomic mass is 10.1. The third-order valence-electron chi connectivity index (χ3n) is 2.07. The topological polar surface area (TPSA) is 47.3 Å². The fourth-order valence-corrected chi connectivity index (χ4v) is 1.23. The molecule has 3 N–H and O–H groups in total. The molecule has 0 saturated carbocycles. The van der Waals surface area contributed by atoms with Crippen LogP contribution in [-0.2, 0) is 0 Å². The first-order valence-corrected chi connectivity index (χ1v) is 4.96. The molecule has 0 aliphatic rings. The highest BCUT2D eigenvalue weighted by molar-refractivity contribution is 5.30. The molecular formula is C11H17FN2O. The summed E-state index contributed by atoms with van der Waals surface area (Å²) in [7, 11) is 0. The zero-order chi connectivity index (χ0) is 11.4. The fourth-order valence-electron chi connectivity index (χ4n) is 1.23. The third kappa shape index (κ3) is 3.18. The number of hydrogen-bond donors (Lipinski definition) is 2. The summed E-state index contributed by atoms with van der Waals surface area (Å²) in [6.07, 6.45) is -0.0320. The highest BCUT2D eigenvalue weighted by atomic mass is 19.1. The van der Waals surface area contributed by atoms with Crippen molar-refractivity contribution in [3.8, 4) is 5.75 Å². The highest BCUT2D eigenvalue weighted by Crippen LogP contribution is 2.22. The first-order valence-electron chi connectivity index (χ1n) is 4.96. The van der Waals surface area contributed by atoms with Gasteiger partial charge in [-0.25, -0.2) is 4.39 Å². The molecule has 0 spiro atoms. The van der Waals surface area contributed by atoms with Crippen molar-refractivity contribution >= 4 is 0 Å². The second-order valence-corrected chi connectivity index (χ2v) is 3.74. The molecule has 0 aliphatic heterocycles. The summed E-state index contributed by atoms with van der Waals surface area (Å²) < 4.78 is 18.8. The zero-order valence-electron chi connectivity index (χ0n) is 9.25. The molecule has 1 aromatic carbocycles. The predicted octanol–water partition coefficient (Wildman–Crippen LogP) is 2.14. The number of nitrogens with one attached hydrogen (secondary N) is 1. The minimum Gasteiger partial charge on any atom is -0.488 e. The van der Waals surface area contributed by atoms with Crippen molar-refractivity contribution in [3.05, 3.63) is 29.6 Å². The maximum Gasteiger partial charge on any atom is 0.165 e. The molecule has 0 bridgehead atoms. The molecule has 0 aromatic heterocycles. The van der Waals surface area contributed by atoms with E-state index in [0.29, 0.717) is 0 Å². The van der Waals surface area contributed by atoms with Crippen LogP contribution in [0, 0.1) is 5.82 Å². The Kier molecular flexibility index (Phi) is 4.05. The van der Waals surface area contributed by atoms with Gasteiger partial charge in [-0.15, -0.1) is 0 Å². The summed E-state index contributed by atoms with van der Waals surface area (Å²) in [5.41, 5.74) is 3.36. The molecule has 1 unspecified atom stereocenters. The number of hydrazine groups is 1. The van der Waals surface area contributed by atoms with Gasteiger partial charge in [-0.2, -0.15) is 0 Å². The van der Waals surface area contributed by atoms with Crippen LogP contribution in [0.1, 0.15) is 32.4 Å². The van der Waals surface area contributed by atoms with Crippen molar-refractivity contribution in [2.45, 2.75) is 32.9 Å². The van der Waals surface area contributed by atoms with Crippen molar-refractivity contribution in [2.24, 2.45) is 5.84 Å². The maximum atomic E-state index is 13.5. The van der Waals surface area contributed by atoms with Gasteiger partial charge in [-0.3, -0.25) is 11.3 Å². The standard InChI is InChI=1S/C11H17FN2O/c1-7(2)15-11-5-4-9(6-10(11)12)8(3)14-13/h4-8,14H,13H2,1-3H3. The van der Waals surface area contributed by atoms with Gasteiger partial charge in [0.2, 0.25) is 0 Å². The number of rotatable bonds is 4. The first-order chi connectivity index (χ1) is 7.04. The van der Waals surface area contributed by atoms with Gasteiger partial charge in [0.05, 0.1) is 6.10 Å². The minimum absolute atomic E-state index is 0.0320. The summed E-state index contributed by atoms with van der Waals surface area (Å²) in [5, 5.41) is 0. The Morgan fingerprint density at radius 2 is 2.00 bits per heavy atom. The first kappa shape index (κ1) is 11.9. The highest BCUT2D eigenvalue weighted by Gasteiger charge is 2.09. The van der Waals surface area contributed by atoms with Gasteiger partial charge in [0.1, 0.15) is 0 Å². The summed E-state index contributed by atoms with van der Waals surface area (Å²) in [6, 6.07) is 4.78. The van der Waals surface area contributed by atoms with E-state index in [0.717, 1.165) is 5.56 Å². The lowest BCUT2D eigenvalue weighted by Gasteiger charge is -2.14. The maximum absolute atomic E-state index is 13.5. The lowest BCUT2D eigenvalue weighted by Crippen LogP contribution is -2.25. The van der Waals surface area contributed by atoms with Crippen molar-refractivity contribution < 1.29 is 9.13 Å². The largest absolute Gasteiger partial charge is 0.488 e. The lowest BCUT2D eigenvalue weighted by molar-refractivity contribution is 0.231. The Morgan fingerprint density at radius 3 is 2.47 bits per heavy atom. The molecule has 0 amide bonds. The monoisotopic (exact) mass is 212 g/mol. The van der Waals surface area contributed by atoms with Crippen LogP contribution in [0.15, 0.2) is 18.2 Å². The predicted molar refractivity (Wildman–Crippen MR) is 57.9 cm³/mol. The van der Waals surface area contributed by atoms with Crippen LogP contribution in [0.5, 0.6) is 5.75 Å². The third-order valence-corrected chi connectivity index (χ3v) is 2.07. The fraction of sp³-hybridized carbons (Fsp3) is 0.455. The SMILES string of the molecule is CC(C)Oc1ccc(C(C)NN)cc1F. The van der Waals surface area contributed by atoms with Crippen LogP contribution in [0.2, 0.25) is 0 Å². The van der Waals surface area contributed by atoms with Crippen LogP contribution >= 0.6 is 0 Å². The second-order valence-electron chi connectivity index (χ2n) is 3.74. The summed E-state index contributed by atoms with van der Waals surface area (Å²) in [6.45, 7) is 5.58. The number of nitrogens with two attached hydrogens (primary N) is 1. The van der Waals surface area contributed by atoms with E-state index in [1.54, 1.807) is 12.1 Å². The van der Waals surface area contributed by atoms with Crippen molar-refractivity contribution in [1.82, 2.24) is 5.43 Å². The van der Waals surface area contributed by atoms with Crippen molar-refractivity contribution in [3.63, 3.8) is 0 Å². The van der Waals surface area contributed by atoms with E-state index in [-0.39, 0.29) is 23.7 Å². The smallest absolute Gasteiger partial charge is 0.165 e. The number of benzene rings is 1. The molecule has 15 heavy (non-hydrogen) atoms. The van der Waals surface area contributed by atoms with Gasteiger partial charge >= 0.3 is 0 Å². The Balaban J connectivity index is 2.88. The molecule has 0 fully saturated rings. The number of hydrogen-bond acceptors (Lipinski definition) is 3. The van der Waals surface area contributed by atoms with Gasteiger partial charge in [0, 0.05) is 6.04 Å². The number of ether oxygens (including phenoxy) is 1. The van der Waals surface area contributed by atoms with Crippen LogP contribution in [-0.4, -0.2) is 6.10 Å². The molecule has 84 valence electrons. The summed E-state index contributed by atoms with van der Waals surface area (Å²) in [5.74, 6) is 5.19. The molecule has 0 radical (unpaired) electrons. The van der Waals surface area contributed by atoms with E-state index in [4.69, 9.17) is 10.6 Å². The molecule has 0 heterocycles. The Hall–Kier alpha value is -1.13. The van der Waals surface area contributed by atoms with E-state index >= 15 is 0 Å². The van der Waals surface area contributed by atoms with Gasteiger partial charge in [-0.05, 0) is 38.5 Å². The molecule has 1 atom stereocenters. The van der Waals surface area contributed by atoms with Gasteiger partial charge in [0.25, 0.3) is 0 Å². The molecule has 1 rings (SSSR count). The van der Waals surface area contributed by atoms with E-state index in [1.165, 1.54) is 6.07 Å². The minimum atomic E-state index is -0.358. The Labute approximate surface area is 89.4 Å². The molecular weight excluding hydrogens is 195 g/mol. The zero-order valence-corrected chi connectivity index (χ0v) is 9.25. The van der Waals surface area contributed by atoms with Crippen LogP contribution in [0.4, 0.5) is 4.39 Å². The number of halogens is 1. The van der Waals surface area contributed by atoms with Crippen molar-refractivity contribution in [1.29, 1.82) is 0 Å². The summed E-state index contributed by atoms with van der Waals surface area (Å²) >= 11 is 0. The Bertz CT molecular complexity index is 328. The normalized spacial score (nSPS) is 12.9. The van der Waals surface area contributed by atoms with Gasteiger partial charge in [0.15, 0.2) is 11.6 Å². The van der Waals surface area contributed by atoms with Crippen LogP contribution < -0.4 is 16.0 Å². The average Bonchev–Trinajstić information content (AvgIpc) is 2.19.